The second-order valence-electron chi connectivity index (χ2n) is 10.0. The average Bonchev–Trinajstić information content (AvgIpc) is 3.00. The van der Waals surface area contributed by atoms with Gasteiger partial charge in [-0.05, 0) is 37.2 Å². The third-order valence-corrected chi connectivity index (χ3v) is 7.78. The lowest BCUT2D eigenvalue weighted by Crippen LogP contribution is -2.48. The highest BCUT2D eigenvalue weighted by atomic mass is 16.7. The predicted octanol–water partition coefficient (Wildman–Crippen LogP) is 5.87. The summed E-state index contributed by atoms with van der Waals surface area (Å²) in [6, 6.07) is 0. The van der Waals surface area contributed by atoms with Crippen molar-refractivity contribution < 1.29 is 14.3 Å². The summed E-state index contributed by atoms with van der Waals surface area (Å²) in [5.41, 5.74) is 4.98. The third kappa shape index (κ3) is 4.44. The zero-order chi connectivity index (χ0) is 19.4. The van der Waals surface area contributed by atoms with Crippen molar-refractivity contribution in [2.75, 3.05) is 13.7 Å². The molecule has 0 radical (unpaired) electrons. The van der Waals surface area contributed by atoms with Gasteiger partial charge in [0, 0.05) is 18.9 Å². The zero-order valence-electron chi connectivity index (χ0n) is 18.1. The third-order valence-electron chi connectivity index (χ3n) is 7.78. The summed E-state index contributed by atoms with van der Waals surface area (Å²) < 4.78 is 12.1. The molecule has 2 aliphatic heterocycles. The van der Waals surface area contributed by atoms with Crippen LogP contribution in [0, 0.1) is 17.8 Å². The van der Waals surface area contributed by atoms with Crippen molar-refractivity contribution in [3.05, 3.63) is 11.3 Å². The summed E-state index contributed by atoms with van der Waals surface area (Å²) in [5.74, 6) is 2.93. The smallest absolute Gasteiger partial charge is 0.160 e. The molecule has 2 saturated heterocycles. The van der Waals surface area contributed by atoms with E-state index in [1.807, 2.05) is 7.11 Å². The SMILES string of the molecule is COC1OCC23CCCCCCCCCCCC(C)CC4=C(ON2)C3CC1C4. The molecule has 1 N–H and O–H groups in total. The summed E-state index contributed by atoms with van der Waals surface area (Å²) >= 11 is 0. The first kappa shape index (κ1) is 20.7. The minimum absolute atomic E-state index is 0.0519. The molecule has 160 valence electrons. The van der Waals surface area contributed by atoms with Gasteiger partial charge < -0.3 is 14.3 Å². The molecular formula is C24H41NO3. The lowest BCUT2D eigenvalue weighted by molar-refractivity contribution is -0.162. The van der Waals surface area contributed by atoms with E-state index in [0.717, 1.165) is 25.2 Å². The van der Waals surface area contributed by atoms with E-state index in [1.165, 1.54) is 76.4 Å². The van der Waals surface area contributed by atoms with Crippen LogP contribution in [0.25, 0.3) is 0 Å². The van der Waals surface area contributed by atoms with Crippen molar-refractivity contribution in [2.24, 2.45) is 17.8 Å². The normalized spacial score (nSPS) is 40.6. The van der Waals surface area contributed by atoms with Crippen LogP contribution in [0.15, 0.2) is 11.3 Å². The Balaban J connectivity index is 1.56. The molecule has 2 aliphatic carbocycles. The first-order chi connectivity index (χ1) is 13.7. The van der Waals surface area contributed by atoms with Crippen LogP contribution in [-0.2, 0) is 14.3 Å². The number of rotatable bonds is 1. The van der Waals surface area contributed by atoms with Crippen LogP contribution in [0.5, 0.6) is 0 Å². The summed E-state index contributed by atoms with van der Waals surface area (Å²) in [5, 5.41) is 0. The van der Waals surface area contributed by atoms with Crippen LogP contribution in [0.4, 0.5) is 0 Å². The average molecular weight is 392 g/mol. The Labute approximate surface area is 171 Å². The Hall–Kier alpha value is -0.580. The molecule has 0 amide bonds. The predicted molar refractivity (Wildman–Crippen MR) is 112 cm³/mol. The highest BCUT2D eigenvalue weighted by Crippen LogP contribution is 2.51. The van der Waals surface area contributed by atoms with E-state index < -0.39 is 0 Å². The first-order valence-electron chi connectivity index (χ1n) is 12.0. The molecule has 28 heavy (non-hydrogen) atoms. The minimum atomic E-state index is -0.0678. The molecule has 5 unspecified atom stereocenters. The summed E-state index contributed by atoms with van der Waals surface area (Å²) in [4.78, 5) is 6.23. The Morgan fingerprint density at radius 1 is 0.964 bits per heavy atom. The molecule has 5 atom stereocenters. The van der Waals surface area contributed by atoms with Gasteiger partial charge in [-0.25, -0.2) is 0 Å². The highest BCUT2D eigenvalue weighted by Gasteiger charge is 2.54. The van der Waals surface area contributed by atoms with Crippen LogP contribution in [0.1, 0.15) is 96.8 Å². The second kappa shape index (κ2) is 9.49. The monoisotopic (exact) mass is 391 g/mol. The molecule has 5 bridgehead atoms. The summed E-state index contributed by atoms with van der Waals surface area (Å²) in [6.07, 6.45) is 18.2. The van der Waals surface area contributed by atoms with Gasteiger partial charge >= 0.3 is 0 Å². The maximum Gasteiger partial charge on any atom is 0.160 e. The molecule has 0 aromatic heterocycles. The zero-order valence-corrected chi connectivity index (χ0v) is 18.1. The molecule has 2 fully saturated rings. The number of hydrogen-bond acceptors (Lipinski definition) is 4. The molecule has 0 spiro atoms. The van der Waals surface area contributed by atoms with Crippen LogP contribution >= 0.6 is 0 Å². The molecule has 2 heterocycles. The van der Waals surface area contributed by atoms with E-state index in [9.17, 15) is 0 Å². The van der Waals surface area contributed by atoms with Gasteiger partial charge in [-0.1, -0.05) is 71.1 Å². The number of hydroxylamine groups is 1. The van der Waals surface area contributed by atoms with Crippen molar-refractivity contribution in [1.29, 1.82) is 0 Å². The molecule has 4 heteroatoms. The van der Waals surface area contributed by atoms with Crippen molar-refractivity contribution in [1.82, 2.24) is 5.48 Å². The molecule has 4 rings (SSSR count). The Morgan fingerprint density at radius 2 is 1.68 bits per heavy atom. The molecule has 0 aromatic rings. The second-order valence-corrected chi connectivity index (χ2v) is 10.0. The van der Waals surface area contributed by atoms with E-state index in [1.54, 1.807) is 5.57 Å². The standard InChI is InChI=1S/C24H41NO3/c1-18-12-10-8-6-4-3-5-7-9-11-13-24-17-27-23(26-2)20-15-19(14-18)22(28-25-24)21(24)16-20/h18,20-21,23,25H,3-17H2,1-2H3. The number of allylic oxidation sites excluding steroid dienone is 1. The molecular weight excluding hydrogens is 350 g/mol. The van der Waals surface area contributed by atoms with E-state index in [4.69, 9.17) is 14.3 Å². The number of hydrogen-bond donors (Lipinski definition) is 1. The maximum atomic E-state index is 6.31. The van der Waals surface area contributed by atoms with Gasteiger partial charge in [0.15, 0.2) is 6.29 Å². The quantitative estimate of drug-likeness (QED) is 0.606. The van der Waals surface area contributed by atoms with Crippen LogP contribution in [-0.4, -0.2) is 25.5 Å². The van der Waals surface area contributed by atoms with Crippen molar-refractivity contribution in [2.45, 2.75) is 109 Å². The molecule has 4 aliphatic rings. The van der Waals surface area contributed by atoms with Gasteiger partial charge in [0.05, 0.1) is 12.1 Å². The highest BCUT2D eigenvalue weighted by molar-refractivity contribution is 5.25. The van der Waals surface area contributed by atoms with Gasteiger partial charge in [-0.15, -0.1) is 5.48 Å². The van der Waals surface area contributed by atoms with E-state index in [0.29, 0.717) is 18.4 Å². The lowest BCUT2D eigenvalue weighted by Gasteiger charge is -2.33. The van der Waals surface area contributed by atoms with Crippen LogP contribution in [0.3, 0.4) is 0 Å². The summed E-state index contributed by atoms with van der Waals surface area (Å²) in [7, 11) is 1.81. The van der Waals surface area contributed by atoms with Gasteiger partial charge in [-0.2, -0.15) is 0 Å². The number of nitrogens with one attached hydrogen (secondary N) is 1. The van der Waals surface area contributed by atoms with Crippen molar-refractivity contribution >= 4 is 0 Å². The fraction of sp³-hybridized carbons (Fsp3) is 0.917. The van der Waals surface area contributed by atoms with Gasteiger partial charge in [-0.3, -0.25) is 0 Å². The molecule has 0 aromatic carbocycles. The van der Waals surface area contributed by atoms with Gasteiger partial charge in [0.1, 0.15) is 5.76 Å². The van der Waals surface area contributed by atoms with Crippen molar-refractivity contribution in [3.63, 3.8) is 0 Å². The van der Waals surface area contributed by atoms with Gasteiger partial charge in [0.25, 0.3) is 0 Å². The maximum absolute atomic E-state index is 6.31. The van der Waals surface area contributed by atoms with E-state index >= 15 is 0 Å². The van der Waals surface area contributed by atoms with E-state index in [-0.39, 0.29) is 11.8 Å². The largest absolute Gasteiger partial charge is 0.412 e. The van der Waals surface area contributed by atoms with Crippen LogP contribution in [0.2, 0.25) is 0 Å². The van der Waals surface area contributed by atoms with Crippen LogP contribution < -0.4 is 5.48 Å². The fourth-order valence-corrected chi connectivity index (χ4v) is 6.14. The van der Waals surface area contributed by atoms with Gasteiger partial charge in [0.2, 0.25) is 0 Å². The minimum Gasteiger partial charge on any atom is -0.412 e. The number of methoxy groups -OCH3 is 1. The topological polar surface area (TPSA) is 39.7 Å². The molecule has 4 nitrogen and oxygen atoms in total. The Bertz CT molecular complexity index is 548. The first-order valence-corrected chi connectivity index (χ1v) is 12.0. The Kier molecular flexibility index (Phi) is 7.01. The Morgan fingerprint density at radius 3 is 2.43 bits per heavy atom. The number of fused-ring (bicyclic) bond motifs is 1. The molecule has 0 saturated carbocycles. The number of ether oxygens (including phenoxy) is 2. The summed E-state index contributed by atoms with van der Waals surface area (Å²) in [6.45, 7) is 3.14. The van der Waals surface area contributed by atoms with E-state index in [2.05, 4.69) is 12.4 Å². The van der Waals surface area contributed by atoms with Crippen molar-refractivity contribution in [3.8, 4) is 0 Å². The lowest BCUT2D eigenvalue weighted by atomic mass is 9.70. The fourth-order valence-electron chi connectivity index (χ4n) is 6.14.